The first-order valence-electron chi connectivity index (χ1n) is 15.7. The van der Waals surface area contributed by atoms with Gasteiger partial charge in [-0.25, -0.2) is 0 Å². The van der Waals surface area contributed by atoms with Crippen molar-refractivity contribution in [1.82, 2.24) is 9.80 Å². The molecule has 0 aliphatic carbocycles. The maximum atomic E-state index is 13.3. The minimum atomic E-state index is -1.25. The Morgan fingerprint density at radius 2 is 0.783 bits per heavy atom. The van der Waals surface area contributed by atoms with E-state index in [0.717, 1.165) is 0 Å². The topological polar surface area (TPSA) is 130 Å². The molecular weight excluding hydrogens is 596 g/mol. The number of methoxy groups -OCH3 is 2. The van der Waals surface area contributed by atoms with Gasteiger partial charge in [-0.15, -0.1) is 0 Å². The van der Waals surface area contributed by atoms with Gasteiger partial charge in [0.1, 0.15) is 11.5 Å². The predicted molar refractivity (Wildman–Crippen MR) is 168 cm³/mol. The number of ether oxygens (including phenoxy) is 6. The molecule has 12 nitrogen and oxygen atoms in total. The van der Waals surface area contributed by atoms with Crippen LogP contribution in [0.4, 0.5) is 0 Å². The van der Waals surface area contributed by atoms with Gasteiger partial charge in [-0.3, -0.25) is 29.0 Å². The molecule has 3 rings (SSSR count). The van der Waals surface area contributed by atoms with Crippen LogP contribution >= 0.6 is 0 Å². The lowest BCUT2D eigenvalue weighted by atomic mass is 9.88. The maximum absolute atomic E-state index is 13.3. The highest BCUT2D eigenvalue weighted by molar-refractivity contribution is 5.96. The van der Waals surface area contributed by atoms with Crippen LogP contribution in [0, 0.1) is 11.8 Å². The molecule has 1 saturated heterocycles. The first kappa shape index (κ1) is 36.3. The standard InChI is InChI=1S/C34H46N2O10/c1-7-43-31(37)27(32(38)44-8-2)29(23-11-15-25(41-5)16-12-23)35-19-21-36(22-20-35)30(24-13-17-26(42-6)18-14-24)28(33(39)45-9-3)34(40)46-10-4/h11-18,27-30H,7-10,19-22H2,1-6H3. The zero-order valence-corrected chi connectivity index (χ0v) is 27.6. The molecule has 0 amide bonds. The first-order valence-corrected chi connectivity index (χ1v) is 15.7. The number of rotatable bonds is 16. The fraction of sp³-hybridized carbons (Fsp3) is 0.529. The van der Waals surface area contributed by atoms with Crippen LogP contribution in [0.25, 0.3) is 0 Å². The van der Waals surface area contributed by atoms with Gasteiger partial charge in [0.2, 0.25) is 0 Å². The van der Waals surface area contributed by atoms with Crippen molar-refractivity contribution < 1.29 is 47.6 Å². The first-order chi connectivity index (χ1) is 22.2. The highest BCUT2D eigenvalue weighted by Crippen LogP contribution is 2.37. The summed E-state index contributed by atoms with van der Waals surface area (Å²) in [7, 11) is 3.12. The molecule has 1 heterocycles. The van der Waals surface area contributed by atoms with Crippen molar-refractivity contribution in [3.8, 4) is 11.5 Å². The lowest BCUT2D eigenvalue weighted by molar-refractivity contribution is -0.169. The quantitative estimate of drug-likeness (QED) is 0.151. The zero-order chi connectivity index (χ0) is 33.6. The number of hydrogen-bond acceptors (Lipinski definition) is 12. The summed E-state index contributed by atoms with van der Waals surface area (Å²) in [5.41, 5.74) is 1.42. The minimum Gasteiger partial charge on any atom is -0.497 e. The van der Waals surface area contributed by atoms with Crippen LogP contribution in [0.2, 0.25) is 0 Å². The summed E-state index contributed by atoms with van der Waals surface area (Å²) in [6, 6.07) is 12.9. The van der Waals surface area contributed by atoms with Crippen molar-refractivity contribution in [3.63, 3.8) is 0 Å². The van der Waals surface area contributed by atoms with E-state index in [0.29, 0.717) is 48.8 Å². The van der Waals surface area contributed by atoms with E-state index in [4.69, 9.17) is 28.4 Å². The largest absolute Gasteiger partial charge is 0.497 e. The van der Waals surface area contributed by atoms with Crippen LogP contribution < -0.4 is 9.47 Å². The second-order valence-electron chi connectivity index (χ2n) is 10.5. The van der Waals surface area contributed by atoms with Crippen LogP contribution in [0.5, 0.6) is 11.5 Å². The molecule has 46 heavy (non-hydrogen) atoms. The average Bonchev–Trinajstić information content (AvgIpc) is 3.06. The molecule has 2 aromatic rings. The van der Waals surface area contributed by atoms with Gasteiger partial charge in [0, 0.05) is 26.2 Å². The molecule has 1 fully saturated rings. The van der Waals surface area contributed by atoms with Crippen molar-refractivity contribution in [2.45, 2.75) is 39.8 Å². The summed E-state index contributed by atoms with van der Waals surface area (Å²) in [5, 5.41) is 0. The third kappa shape index (κ3) is 8.97. The van der Waals surface area contributed by atoms with Gasteiger partial charge in [0.15, 0.2) is 11.8 Å². The Bertz CT molecular complexity index is 1140. The molecule has 2 atom stereocenters. The van der Waals surface area contributed by atoms with Crippen molar-refractivity contribution in [1.29, 1.82) is 0 Å². The lowest BCUT2D eigenvalue weighted by Gasteiger charge is -2.44. The van der Waals surface area contributed by atoms with Gasteiger partial charge in [0.05, 0.1) is 52.7 Å². The Hall–Kier alpha value is -4.16. The second kappa shape index (κ2) is 18.1. The molecule has 0 bridgehead atoms. The Labute approximate surface area is 270 Å². The van der Waals surface area contributed by atoms with Crippen molar-refractivity contribution in [2.75, 3.05) is 66.8 Å². The Balaban J connectivity index is 2.03. The third-order valence-corrected chi connectivity index (χ3v) is 7.84. The molecule has 0 radical (unpaired) electrons. The van der Waals surface area contributed by atoms with Crippen molar-refractivity contribution in [2.24, 2.45) is 11.8 Å². The van der Waals surface area contributed by atoms with Gasteiger partial charge >= 0.3 is 23.9 Å². The lowest BCUT2D eigenvalue weighted by Crippen LogP contribution is -2.54. The van der Waals surface area contributed by atoms with Gasteiger partial charge < -0.3 is 28.4 Å². The highest BCUT2D eigenvalue weighted by Gasteiger charge is 2.46. The number of carbonyl (C=O) groups excluding carboxylic acids is 4. The summed E-state index contributed by atoms with van der Waals surface area (Å²) in [6.45, 7) is 8.69. The molecule has 0 spiro atoms. The molecule has 2 aromatic carbocycles. The molecule has 2 unspecified atom stereocenters. The minimum absolute atomic E-state index is 0.102. The maximum Gasteiger partial charge on any atom is 0.322 e. The van der Waals surface area contributed by atoms with Gasteiger partial charge in [-0.05, 0) is 63.1 Å². The van der Waals surface area contributed by atoms with E-state index >= 15 is 0 Å². The average molecular weight is 643 g/mol. The Kier molecular flexibility index (Phi) is 14.3. The number of esters is 4. The molecule has 1 aliphatic heterocycles. The zero-order valence-electron chi connectivity index (χ0n) is 27.6. The van der Waals surface area contributed by atoms with Crippen LogP contribution in [0.3, 0.4) is 0 Å². The van der Waals surface area contributed by atoms with E-state index in [2.05, 4.69) is 0 Å². The fourth-order valence-corrected chi connectivity index (χ4v) is 5.76. The van der Waals surface area contributed by atoms with Gasteiger partial charge in [-0.2, -0.15) is 0 Å². The summed E-state index contributed by atoms with van der Waals surface area (Å²) >= 11 is 0. The van der Waals surface area contributed by atoms with E-state index < -0.39 is 47.8 Å². The van der Waals surface area contributed by atoms with Crippen molar-refractivity contribution >= 4 is 23.9 Å². The Morgan fingerprint density at radius 3 is 1.00 bits per heavy atom. The second-order valence-corrected chi connectivity index (χ2v) is 10.5. The molecule has 0 N–H and O–H groups in total. The SMILES string of the molecule is CCOC(=O)C(C(=O)OCC)C(c1ccc(OC)cc1)N1CCN(C(c2ccc(OC)cc2)C(C(=O)OCC)C(=O)OCC)CC1. The van der Waals surface area contributed by atoms with E-state index in [1.807, 2.05) is 34.1 Å². The summed E-state index contributed by atoms with van der Waals surface area (Å²) in [5.74, 6) is -3.94. The number of hydrogen-bond donors (Lipinski definition) is 0. The highest BCUT2D eigenvalue weighted by atomic mass is 16.6. The third-order valence-electron chi connectivity index (χ3n) is 7.84. The van der Waals surface area contributed by atoms with Gasteiger partial charge in [0.25, 0.3) is 0 Å². The number of benzene rings is 2. The Morgan fingerprint density at radius 1 is 0.522 bits per heavy atom. The van der Waals surface area contributed by atoms with Crippen LogP contribution in [0.15, 0.2) is 48.5 Å². The van der Waals surface area contributed by atoms with E-state index in [1.54, 1.807) is 66.2 Å². The smallest absolute Gasteiger partial charge is 0.322 e. The van der Waals surface area contributed by atoms with E-state index in [9.17, 15) is 19.2 Å². The van der Waals surface area contributed by atoms with Crippen molar-refractivity contribution in [3.05, 3.63) is 59.7 Å². The number of piperazine rings is 1. The summed E-state index contributed by atoms with van der Waals surface area (Å²) in [6.07, 6.45) is 0. The molecule has 1 aliphatic rings. The monoisotopic (exact) mass is 642 g/mol. The molecule has 252 valence electrons. The summed E-state index contributed by atoms with van der Waals surface area (Å²) in [4.78, 5) is 57.3. The molecule has 12 heteroatoms. The number of carbonyl (C=O) groups is 4. The normalized spacial score (nSPS) is 15.1. The van der Waals surface area contributed by atoms with Crippen LogP contribution in [-0.4, -0.2) is 101 Å². The molecule has 0 saturated carbocycles. The summed E-state index contributed by atoms with van der Waals surface area (Å²) < 4.78 is 32.1. The van der Waals surface area contributed by atoms with E-state index in [-0.39, 0.29) is 26.4 Å². The number of nitrogens with zero attached hydrogens (tertiary/aromatic N) is 2. The van der Waals surface area contributed by atoms with Crippen LogP contribution in [-0.2, 0) is 38.1 Å². The predicted octanol–water partition coefficient (Wildman–Crippen LogP) is 3.59. The van der Waals surface area contributed by atoms with Crippen LogP contribution in [0.1, 0.15) is 50.9 Å². The van der Waals surface area contributed by atoms with E-state index in [1.165, 1.54) is 0 Å². The molecular formula is C34H46N2O10. The molecule has 0 aromatic heterocycles. The fourth-order valence-electron chi connectivity index (χ4n) is 5.76. The van der Waals surface area contributed by atoms with Gasteiger partial charge in [-0.1, -0.05) is 24.3 Å².